The van der Waals surface area contributed by atoms with Crippen molar-refractivity contribution in [1.82, 2.24) is 10.2 Å². The second kappa shape index (κ2) is 6.45. The lowest BCUT2D eigenvalue weighted by Crippen LogP contribution is -2.45. The number of hydrogen-bond acceptors (Lipinski definition) is 3. The fraction of sp³-hybridized carbons (Fsp3) is 0.846. The summed E-state index contributed by atoms with van der Waals surface area (Å²) < 4.78 is 0. The molecule has 1 N–H and O–H groups in total. The highest BCUT2D eigenvalue weighted by molar-refractivity contribution is 7.99. The summed E-state index contributed by atoms with van der Waals surface area (Å²) in [6, 6.07) is -0.228. The van der Waals surface area contributed by atoms with Gasteiger partial charge in [0.05, 0.1) is 0 Å². The standard InChI is InChI=1S/C13H24N2O2S/c1-5-13(6-2)11(16)15(12(17)14-13)7-8-18-9-10(3)4/h10H,5-9H2,1-4H3,(H,14,17). The van der Waals surface area contributed by atoms with Gasteiger partial charge in [0.15, 0.2) is 0 Å². The van der Waals surface area contributed by atoms with E-state index < -0.39 is 5.54 Å². The Balaban J connectivity index is 2.52. The number of urea groups is 1. The molecule has 4 nitrogen and oxygen atoms in total. The molecule has 1 saturated heterocycles. The van der Waals surface area contributed by atoms with Gasteiger partial charge in [0.25, 0.3) is 5.91 Å². The van der Waals surface area contributed by atoms with Crippen LogP contribution in [0.5, 0.6) is 0 Å². The van der Waals surface area contributed by atoms with Gasteiger partial charge >= 0.3 is 6.03 Å². The smallest absolute Gasteiger partial charge is 0.323 e. The third kappa shape index (κ3) is 3.19. The predicted molar refractivity (Wildman–Crippen MR) is 75.7 cm³/mol. The Bertz CT molecular complexity index is 314. The van der Waals surface area contributed by atoms with Gasteiger partial charge in [-0.2, -0.15) is 11.8 Å². The van der Waals surface area contributed by atoms with Gasteiger partial charge in [-0.1, -0.05) is 27.7 Å². The van der Waals surface area contributed by atoms with Crippen molar-refractivity contribution in [3.63, 3.8) is 0 Å². The van der Waals surface area contributed by atoms with Crippen LogP contribution in [0.15, 0.2) is 0 Å². The van der Waals surface area contributed by atoms with Crippen molar-refractivity contribution in [3.8, 4) is 0 Å². The van der Waals surface area contributed by atoms with Crippen molar-refractivity contribution in [2.45, 2.75) is 46.1 Å². The maximum absolute atomic E-state index is 12.3. The van der Waals surface area contributed by atoms with Gasteiger partial charge in [-0.25, -0.2) is 4.79 Å². The summed E-state index contributed by atoms with van der Waals surface area (Å²) in [7, 11) is 0. The maximum atomic E-state index is 12.3. The molecule has 1 fully saturated rings. The highest BCUT2D eigenvalue weighted by Crippen LogP contribution is 2.25. The van der Waals surface area contributed by atoms with Crippen LogP contribution in [0.25, 0.3) is 0 Å². The van der Waals surface area contributed by atoms with Crippen LogP contribution in [0.4, 0.5) is 4.79 Å². The fourth-order valence-corrected chi connectivity index (χ4v) is 3.03. The molecule has 1 rings (SSSR count). The van der Waals surface area contributed by atoms with E-state index in [0.29, 0.717) is 25.3 Å². The summed E-state index contributed by atoms with van der Waals surface area (Å²) >= 11 is 1.79. The number of nitrogens with zero attached hydrogens (tertiary/aromatic N) is 1. The van der Waals surface area contributed by atoms with Crippen molar-refractivity contribution in [1.29, 1.82) is 0 Å². The molecule has 0 unspecified atom stereocenters. The van der Waals surface area contributed by atoms with Crippen LogP contribution in [-0.2, 0) is 4.79 Å². The van der Waals surface area contributed by atoms with Gasteiger partial charge in [-0.05, 0) is 24.5 Å². The summed E-state index contributed by atoms with van der Waals surface area (Å²) in [5.41, 5.74) is -0.653. The zero-order valence-electron chi connectivity index (χ0n) is 11.8. The first-order valence-corrected chi connectivity index (χ1v) is 7.84. The van der Waals surface area contributed by atoms with Crippen molar-refractivity contribution in [3.05, 3.63) is 0 Å². The molecule has 5 heteroatoms. The third-order valence-corrected chi connectivity index (χ3v) is 4.74. The molecule has 1 heterocycles. The van der Waals surface area contributed by atoms with E-state index in [9.17, 15) is 9.59 Å². The summed E-state index contributed by atoms with van der Waals surface area (Å²) in [6.07, 6.45) is 1.31. The Morgan fingerprint density at radius 3 is 2.33 bits per heavy atom. The van der Waals surface area contributed by atoms with Crippen LogP contribution in [0.3, 0.4) is 0 Å². The molecule has 0 bridgehead atoms. The molecule has 0 radical (unpaired) electrons. The highest BCUT2D eigenvalue weighted by Gasteiger charge is 2.48. The Kier molecular flexibility index (Phi) is 5.50. The molecule has 18 heavy (non-hydrogen) atoms. The van der Waals surface area contributed by atoms with E-state index in [1.54, 1.807) is 11.8 Å². The average molecular weight is 272 g/mol. The van der Waals surface area contributed by atoms with Crippen molar-refractivity contribution in [2.24, 2.45) is 5.92 Å². The predicted octanol–water partition coefficient (Wildman–Crippen LogP) is 2.49. The van der Waals surface area contributed by atoms with Gasteiger partial charge in [0.2, 0.25) is 0 Å². The molecule has 0 aromatic rings. The molecule has 3 amide bonds. The molecule has 0 aromatic carbocycles. The first-order valence-electron chi connectivity index (χ1n) is 6.68. The van der Waals surface area contributed by atoms with Gasteiger partial charge < -0.3 is 5.32 Å². The summed E-state index contributed by atoms with van der Waals surface area (Å²) in [5, 5.41) is 2.84. The van der Waals surface area contributed by atoms with Crippen LogP contribution in [0.2, 0.25) is 0 Å². The van der Waals surface area contributed by atoms with Gasteiger partial charge in [-0.3, -0.25) is 9.69 Å². The normalized spacial score (nSPS) is 18.6. The molecule has 1 aliphatic rings. The van der Waals surface area contributed by atoms with E-state index >= 15 is 0 Å². The second-order valence-corrected chi connectivity index (χ2v) is 6.29. The van der Waals surface area contributed by atoms with Gasteiger partial charge in [0, 0.05) is 12.3 Å². The SMILES string of the molecule is CCC1(CC)NC(=O)N(CCSCC(C)C)C1=O. The third-order valence-electron chi connectivity index (χ3n) is 3.36. The lowest BCUT2D eigenvalue weighted by Gasteiger charge is -2.23. The molecular formula is C13H24N2O2S. The molecule has 0 spiro atoms. The molecule has 104 valence electrons. The van der Waals surface area contributed by atoms with E-state index in [4.69, 9.17) is 0 Å². The molecule has 0 atom stereocenters. The number of nitrogens with one attached hydrogen (secondary N) is 1. The molecule has 0 saturated carbocycles. The number of imide groups is 1. The van der Waals surface area contributed by atoms with Crippen molar-refractivity contribution < 1.29 is 9.59 Å². The van der Waals surface area contributed by atoms with Crippen molar-refractivity contribution >= 4 is 23.7 Å². The fourth-order valence-electron chi connectivity index (χ4n) is 2.08. The van der Waals surface area contributed by atoms with E-state index in [1.165, 1.54) is 4.90 Å². The minimum absolute atomic E-state index is 0.0531. The van der Waals surface area contributed by atoms with Crippen LogP contribution >= 0.6 is 11.8 Å². The quantitative estimate of drug-likeness (QED) is 0.572. The van der Waals surface area contributed by atoms with Crippen LogP contribution in [0, 0.1) is 5.92 Å². The second-order valence-electron chi connectivity index (χ2n) is 5.14. The topological polar surface area (TPSA) is 49.4 Å². The largest absolute Gasteiger partial charge is 0.325 e. The van der Waals surface area contributed by atoms with Crippen LogP contribution < -0.4 is 5.32 Å². The Hall–Kier alpha value is -0.710. The number of rotatable bonds is 7. The van der Waals surface area contributed by atoms with E-state index in [2.05, 4.69) is 19.2 Å². The van der Waals surface area contributed by atoms with E-state index in [-0.39, 0.29) is 11.9 Å². The number of thioether (sulfide) groups is 1. The lowest BCUT2D eigenvalue weighted by molar-refractivity contribution is -0.131. The van der Waals surface area contributed by atoms with Gasteiger partial charge in [-0.15, -0.1) is 0 Å². The van der Waals surface area contributed by atoms with E-state index in [0.717, 1.165) is 11.5 Å². The Labute approximate surface area is 114 Å². The molecule has 0 aromatic heterocycles. The monoisotopic (exact) mass is 272 g/mol. The first-order chi connectivity index (χ1) is 8.46. The van der Waals surface area contributed by atoms with E-state index in [1.807, 2.05) is 13.8 Å². The number of amides is 3. The zero-order valence-corrected chi connectivity index (χ0v) is 12.6. The van der Waals surface area contributed by atoms with Crippen LogP contribution in [0.1, 0.15) is 40.5 Å². The summed E-state index contributed by atoms with van der Waals surface area (Å²) in [6.45, 7) is 8.74. The Morgan fingerprint density at radius 1 is 1.28 bits per heavy atom. The number of carbonyl (C=O) groups excluding carboxylic acids is 2. The minimum Gasteiger partial charge on any atom is -0.323 e. The number of hydrogen-bond donors (Lipinski definition) is 1. The minimum atomic E-state index is -0.653. The van der Waals surface area contributed by atoms with Crippen molar-refractivity contribution in [2.75, 3.05) is 18.1 Å². The molecular weight excluding hydrogens is 248 g/mol. The number of carbonyl (C=O) groups is 2. The van der Waals surface area contributed by atoms with Gasteiger partial charge in [0.1, 0.15) is 5.54 Å². The average Bonchev–Trinajstić information content (AvgIpc) is 2.58. The molecule has 0 aliphatic carbocycles. The molecule has 1 aliphatic heterocycles. The zero-order chi connectivity index (χ0) is 13.8. The first kappa shape index (κ1) is 15.3. The lowest BCUT2D eigenvalue weighted by atomic mass is 9.93. The summed E-state index contributed by atoms with van der Waals surface area (Å²) in [4.78, 5) is 25.5. The highest BCUT2D eigenvalue weighted by atomic mass is 32.2. The van der Waals surface area contributed by atoms with Crippen LogP contribution in [-0.4, -0.2) is 40.4 Å². The Morgan fingerprint density at radius 2 is 1.89 bits per heavy atom. The maximum Gasteiger partial charge on any atom is 0.325 e. The summed E-state index contributed by atoms with van der Waals surface area (Å²) in [5.74, 6) is 2.48.